The van der Waals surface area contributed by atoms with Gasteiger partial charge in [0.15, 0.2) is 5.82 Å². The number of fused-ring (bicyclic) bond motifs is 1. The van der Waals surface area contributed by atoms with Gasteiger partial charge in [0.1, 0.15) is 11.6 Å². The zero-order chi connectivity index (χ0) is 23.3. The number of hydrogen-bond acceptors (Lipinski definition) is 9. The van der Waals surface area contributed by atoms with Gasteiger partial charge < -0.3 is 19.9 Å². The number of amides is 2. The van der Waals surface area contributed by atoms with Crippen molar-refractivity contribution in [3.63, 3.8) is 0 Å². The molecule has 176 valence electrons. The fraction of sp³-hybridized carbons (Fsp3) is 0.391. The molecule has 11 nitrogen and oxygen atoms in total. The molecule has 1 saturated heterocycles. The van der Waals surface area contributed by atoms with Gasteiger partial charge in [-0.15, -0.1) is 0 Å². The van der Waals surface area contributed by atoms with Crippen molar-refractivity contribution < 1.29 is 9.53 Å². The molecular formula is C23H27N9O2. The van der Waals surface area contributed by atoms with Crippen LogP contribution in [0.25, 0.3) is 11.4 Å². The lowest BCUT2D eigenvalue weighted by Gasteiger charge is -2.34. The molecule has 0 saturated carbocycles. The fourth-order valence-electron chi connectivity index (χ4n) is 4.12. The molecular weight excluding hydrogens is 434 g/mol. The van der Waals surface area contributed by atoms with Gasteiger partial charge in [0.25, 0.3) is 0 Å². The van der Waals surface area contributed by atoms with Gasteiger partial charge in [-0.05, 0) is 31.5 Å². The minimum absolute atomic E-state index is 0.286. The number of carbonyl (C=O) groups is 1. The first-order valence-electron chi connectivity index (χ1n) is 11.5. The number of pyridine rings is 1. The Morgan fingerprint density at radius 1 is 1.06 bits per heavy atom. The molecule has 3 aromatic heterocycles. The molecule has 34 heavy (non-hydrogen) atoms. The number of nitrogens with zero attached hydrogens (tertiary/aromatic N) is 7. The van der Waals surface area contributed by atoms with E-state index < -0.39 is 0 Å². The number of carbonyl (C=O) groups excluding carboxylic acids is 1. The van der Waals surface area contributed by atoms with Crippen LogP contribution in [0.15, 0.2) is 36.8 Å². The van der Waals surface area contributed by atoms with E-state index in [4.69, 9.17) is 14.7 Å². The molecule has 2 amide bonds. The van der Waals surface area contributed by atoms with E-state index >= 15 is 0 Å². The second kappa shape index (κ2) is 9.96. The lowest BCUT2D eigenvalue weighted by Crippen LogP contribution is -2.39. The van der Waals surface area contributed by atoms with E-state index in [9.17, 15) is 4.79 Å². The zero-order valence-electron chi connectivity index (χ0n) is 19.1. The minimum Gasteiger partial charge on any atom is -0.378 e. The van der Waals surface area contributed by atoms with Crippen molar-refractivity contribution in [2.45, 2.75) is 19.9 Å². The number of rotatable bonds is 5. The first kappa shape index (κ1) is 22.0. The van der Waals surface area contributed by atoms with Crippen LogP contribution in [0.5, 0.6) is 0 Å². The maximum Gasteiger partial charge on any atom is 0.320 e. The molecule has 3 aromatic rings. The molecule has 0 spiro atoms. The minimum atomic E-state index is -0.286. The summed E-state index contributed by atoms with van der Waals surface area (Å²) in [4.78, 5) is 39.3. The summed E-state index contributed by atoms with van der Waals surface area (Å²) in [5.74, 6) is 2.73. The molecule has 1 fully saturated rings. The predicted molar refractivity (Wildman–Crippen MR) is 128 cm³/mol. The highest BCUT2D eigenvalue weighted by molar-refractivity contribution is 5.88. The van der Waals surface area contributed by atoms with E-state index in [0.717, 1.165) is 43.1 Å². The van der Waals surface area contributed by atoms with Crippen molar-refractivity contribution >= 4 is 23.6 Å². The van der Waals surface area contributed by atoms with E-state index in [2.05, 4.69) is 35.4 Å². The molecule has 2 aliphatic rings. The van der Waals surface area contributed by atoms with Crippen LogP contribution in [-0.4, -0.2) is 70.3 Å². The van der Waals surface area contributed by atoms with Gasteiger partial charge in [-0.1, -0.05) is 0 Å². The van der Waals surface area contributed by atoms with Gasteiger partial charge in [-0.25, -0.2) is 29.7 Å². The fourth-order valence-corrected chi connectivity index (χ4v) is 4.12. The van der Waals surface area contributed by atoms with Crippen molar-refractivity contribution in [3.8, 4) is 11.4 Å². The van der Waals surface area contributed by atoms with Crippen LogP contribution >= 0.6 is 0 Å². The van der Waals surface area contributed by atoms with Gasteiger partial charge in [-0.3, -0.25) is 5.32 Å². The first-order chi connectivity index (χ1) is 16.7. The normalized spacial score (nSPS) is 15.6. The molecule has 5 rings (SSSR count). The molecule has 0 atom stereocenters. The van der Waals surface area contributed by atoms with Crippen LogP contribution in [0, 0.1) is 0 Å². The topological polar surface area (TPSA) is 121 Å². The van der Waals surface area contributed by atoms with Gasteiger partial charge in [0.05, 0.1) is 25.5 Å². The Bertz CT molecular complexity index is 1140. The number of morpholine rings is 1. The number of aromatic nitrogens is 5. The van der Waals surface area contributed by atoms with Crippen molar-refractivity contribution in [2.75, 3.05) is 54.5 Å². The van der Waals surface area contributed by atoms with Crippen molar-refractivity contribution in [1.29, 1.82) is 0 Å². The Labute approximate surface area is 197 Å². The van der Waals surface area contributed by atoms with Crippen LogP contribution in [0.1, 0.15) is 18.2 Å². The SMILES string of the molecule is CCNC(=O)Nc1ccc(-c2nc3c(c(N4CCOCC4)n2)CCN(c2ncccn2)C3)cn1. The molecule has 5 heterocycles. The molecule has 2 aliphatic heterocycles. The lowest BCUT2D eigenvalue weighted by molar-refractivity contribution is 0.122. The zero-order valence-corrected chi connectivity index (χ0v) is 19.1. The van der Waals surface area contributed by atoms with E-state index in [0.29, 0.717) is 43.9 Å². The lowest BCUT2D eigenvalue weighted by atomic mass is 10.0. The average molecular weight is 462 g/mol. The summed E-state index contributed by atoms with van der Waals surface area (Å²) in [6.07, 6.45) is 6.01. The number of anilines is 3. The Morgan fingerprint density at radius 2 is 1.88 bits per heavy atom. The van der Waals surface area contributed by atoms with E-state index in [1.165, 1.54) is 5.56 Å². The van der Waals surface area contributed by atoms with Gasteiger partial charge in [-0.2, -0.15) is 0 Å². The smallest absolute Gasteiger partial charge is 0.320 e. The highest BCUT2D eigenvalue weighted by atomic mass is 16.5. The summed E-state index contributed by atoms with van der Waals surface area (Å²) in [5.41, 5.74) is 2.92. The number of nitrogens with one attached hydrogen (secondary N) is 2. The van der Waals surface area contributed by atoms with Crippen LogP contribution in [0.4, 0.5) is 22.4 Å². The highest BCUT2D eigenvalue weighted by Crippen LogP contribution is 2.31. The van der Waals surface area contributed by atoms with Gasteiger partial charge in [0.2, 0.25) is 5.95 Å². The summed E-state index contributed by atoms with van der Waals surface area (Å²) in [7, 11) is 0. The van der Waals surface area contributed by atoms with Gasteiger partial charge >= 0.3 is 6.03 Å². The second-order valence-electron chi connectivity index (χ2n) is 8.03. The summed E-state index contributed by atoms with van der Waals surface area (Å²) < 4.78 is 5.56. The Hall–Kier alpha value is -3.86. The molecule has 0 aromatic carbocycles. The molecule has 0 bridgehead atoms. The Kier molecular flexibility index (Phi) is 6.43. The Balaban J connectivity index is 1.47. The van der Waals surface area contributed by atoms with Crippen molar-refractivity contribution in [1.82, 2.24) is 30.2 Å². The van der Waals surface area contributed by atoms with E-state index in [-0.39, 0.29) is 6.03 Å². The maximum absolute atomic E-state index is 11.8. The Morgan fingerprint density at radius 3 is 2.62 bits per heavy atom. The summed E-state index contributed by atoms with van der Waals surface area (Å²) in [5, 5.41) is 5.40. The largest absolute Gasteiger partial charge is 0.378 e. The quantitative estimate of drug-likeness (QED) is 0.586. The summed E-state index contributed by atoms with van der Waals surface area (Å²) in [6.45, 7) is 6.77. The molecule has 0 aliphatic carbocycles. The third-order valence-corrected chi connectivity index (χ3v) is 5.79. The third kappa shape index (κ3) is 4.74. The molecule has 0 unspecified atom stereocenters. The second-order valence-corrected chi connectivity index (χ2v) is 8.03. The molecule has 11 heteroatoms. The summed E-state index contributed by atoms with van der Waals surface area (Å²) >= 11 is 0. The highest BCUT2D eigenvalue weighted by Gasteiger charge is 2.27. The van der Waals surface area contributed by atoms with E-state index in [1.54, 1.807) is 24.7 Å². The predicted octanol–water partition coefficient (Wildman–Crippen LogP) is 1.87. The number of hydrogen-bond donors (Lipinski definition) is 2. The first-order valence-corrected chi connectivity index (χ1v) is 11.5. The molecule has 2 N–H and O–H groups in total. The average Bonchev–Trinajstić information content (AvgIpc) is 2.89. The standard InChI is InChI=1S/C23H27N9O2/c1-2-24-23(33)29-19-5-4-16(14-27-19)20-28-18-15-32(22-25-7-3-8-26-22)9-6-17(18)21(30-20)31-10-12-34-13-11-31/h3-5,7-8,14H,2,6,9-13,15H2,1H3,(H2,24,27,29,33). The molecule has 0 radical (unpaired) electrons. The van der Waals surface area contributed by atoms with E-state index in [1.807, 2.05) is 19.1 Å². The van der Waals surface area contributed by atoms with Crippen LogP contribution in [0.2, 0.25) is 0 Å². The van der Waals surface area contributed by atoms with Crippen molar-refractivity contribution in [2.24, 2.45) is 0 Å². The number of urea groups is 1. The van der Waals surface area contributed by atoms with Crippen LogP contribution in [0.3, 0.4) is 0 Å². The maximum atomic E-state index is 11.8. The van der Waals surface area contributed by atoms with Crippen molar-refractivity contribution in [3.05, 3.63) is 48.0 Å². The van der Waals surface area contributed by atoms with Gasteiger partial charge in [0, 0.05) is 55.9 Å². The third-order valence-electron chi connectivity index (χ3n) is 5.79. The monoisotopic (exact) mass is 461 g/mol. The summed E-state index contributed by atoms with van der Waals surface area (Å²) in [6, 6.07) is 5.16. The van der Waals surface area contributed by atoms with Crippen LogP contribution < -0.4 is 20.4 Å². The van der Waals surface area contributed by atoms with Crippen LogP contribution in [-0.2, 0) is 17.7 Å². The number of ether oxygens (including phenoxy) is 1.